The van der Waals surface area contributed by atoms with Gasteiger partial charge in [0.25, 0.3) is 0 Å². The lowest BCUT2D eigenvalue weighted by Crippen LogP contribution is -2.20. The van der Waals surface area contributed by atoms with Gasteiger partial charge >= 0.3 is 6.03 Å². The van der Waals surface area contributed by atoms with Crippen molar-refractivity contribution in [1.29, 1.82) is 0 Å². The Hall–Kier alpha value is -1.95. The molecule has 2 aromatic heterocycles. The van der Waals surface area contributed by atoms with E-state index in [1.807, 2.05) is 0 Å². The van der Waals surface area contributed by atoms with Crippen molar-refractivity contribution in [2.45, 2.75) is 0 Å². The number of amides is 2. The van der Waals surface area contributed by atoms with Gasteiger partial charge in [-0.25, -0.2) is 14.8 Å². The van der Waals surface area contributed by atoms with Gasteiger partial charge in [-0.05, 0) is 40.2 Å². The minimum atomic E-state index is -0.376. The Balaban J connectivity index is 1.96. The predicted octanol–water partition coefficient (Wildman–Crippen LogP) is 2.88. The number of carbonyl (C=O) groups is 1. The quantitative estimate of drug-likeness (QED) is 0.894. The smallest absolute Gasteiger partial charge is 0.292 e. The van der Waals surface area contributed by atoms with Crippen LogP contribution in [0.1, 0.15) is 0 Å². The van der Waals surface area contributed by atoms with Gasteiger partial charge in [0.1, 0.15) is 11.6 Å². The highest BCUT2D eigenvalue weighted by atomic mass is 79.9. The molecule has 0 atom stereocenters. The molecule has 0 unspecified atom stereocenters. The van der Waals surface area contributed by atoms with Gasteiger partial charge in [-0.2, -0.15) is 0 Å². The highest BCUT2D eigenvalue weighted by Crippen LogP contribution is 2.10. The van der Waals surface area contributed by atoms with E-state index in [1.54, 1.807) is 42.7 Å². The summed E-state index contributed by atoms with van der Waals surface area (Å²) in [5.41, 5.74) is 0. The standard InChI is InChI=1S/C11H9BrN4O/c12-8-4-5-10(14-7-8)16-11(17)15-9-3-1-2-6-13-9/h1-7H,(H2,13,14,15,16,17). The Morgan fingerprint density at radius 2 is 1.82 bits per heavy atom. The Kier molecular flexibility index (Phi) is 3.66. The Bertz CT molecular complexity index is 501. The van der Waals surface area contributed by atoms with E-state index in [4.69, 9.17) is 0 Å². The fraction of sp³-hybridized carbons (Fsp3) is 0. The number of rotatable bonds is 2. The molecule has 0 spiro atoms. The van der Waals surface area contributed by atoms with Crippen LogP contribution in [0.2, 0.25) is 0 Å². The van der Waals surface area contributed by atoms with Crippen molar-refractivity contribution in [2.24, 2.45) is 0 Å². The van der Waals surface area contributed by atoms with Crippen LogP contribution in [0.25, 0.3) is 0 Å². The third kappa shape index (κ3) is 3.53. The molecule has 86 valence electrons. The lowest BCUT2D eigenvalue weighted by molar-refractivity contribution is 0.262. The van der Waals surface area contributed by atoms with Crippen LogP contribution in [0.15, 0.2) is 47.2 Å². The Morgan fingerprint density at radius 3 is 2.41 bits per heavy atom. The largest absolute Gasteiger partial charge is 0.326 e. The fourth-order valence-electron chi connectivity index (χ4n) is 1.15. The van der Waals surface area contributed by atoms with Gasteiger partial charge in [-0.1, -0.05) is 6.07 Å². The number of hydrogen-bond donors (Lipinski definition) is 2. The molecule has 0 saturated heterocycles. The molecule has 2 rings (SSSR count). The molecule has 0 aliphatic carbocycles. The van der Waals surface area contributed by atoms with Crippen LogP contribution >= 0.6 is 15.9 Å². The number of anilines is 2. The van der Waals surface area contributed by atoms with Crippen LogP contribution < -0.4 is 10.6 Å². The number of hydrogen-bond acceptors (Lipinski definition) is 3. The number of halogens is 1. The molecule has 0 radical (unpaired) electrons. The molecular formula is C11H9BrN4O. The van der Waals surface area contributed by atoms with E-state index in [-0.39, 0.29) is 6.03 Å². The maximum atomic E-state index is 11.6. The van der Waals surface area contributed by atoms with E-state index in [1.165, 1.54) is 0 Å². The molecule has 2 aromatic rings. The van der Waals surface area contributed by atoms with E-state index in [9.17, 15) is 4.79 Å². The van der Waals surface area contributed by atoms with Gasteiger partial charge in [0.05, 0.1) is 0 Å². The highest BCUT2D eigenvalue weighted by Gasteiger charge is 2.03. The number of pyridine rings is 2. The van der Waals surface area contributed by atoms with Crippen LogP contribution in [-0.2, 0) is 0 Å². The number of urea groups is 1. The molecule has 0 fully saturated rings. The second-order valence-electron chi connectivity index (χ2n) is 3.16. The molecule has 5 nitrogen and oxygen atoms in total. The summed E-state index contributed by atoms with van der Waals surface area (Å²) in [6.45, 7) is 0. The van der Waals surface area contributed by atoms with Gasteiger partial charge < -0.3 is 0 Å². The Labute approximate surface area is 106 Å². The first-order valence-corrected chi connectivity index (χ1v) is 5.64. The maximum absolute atomic E-state index is 11.6. The highest BCUT2D eigenvalue weighted by molar-refractivity contribution is 9.10. The zero-order chi connectivity index (χ0) is 12.1. The maximum Gasteiger partial charge on any atom is 0.326 e. The van der Waals surface area contributed by atoms with Crippen LogP contribution in [0, 0.1) is 0 Å². The molecule has 2 N–H and O–H groups in total. The summed E-state index contributed by atoms with van der Waals surface area (Å²) < 4.78 is 0.855. The molecular weight excluding hydrogens is 284 g/mol. The summed E-state index contributed by atoms with van der Waals surface area (Å²) in [7, 11) is 0. The number of nitrogens with zero attached hydrogens (tertiary/aromatic N) is 2. The Morgan fingerprint density at radius 1 is 1.06 bits per heavy atom. The van der Waals surface area contributed by atoms with Crippen LogP contribution in [0.4, 0.5) is 16.4 Å². The fourth-order valence-corrected chi connectivity index (χ4v) is 1.38. The van der Waals surface area contributed by atoms with Crippen molar-refractivity contribution in [3.05, 3.63) is 47.2 Å². The third-order valence-corrected chi connectivity index (χ3v) is 2.34. The first-order valence-electron chi connectivity index (χ1n) is 4.84. The number of aromatic nitrogens is 2. The average molecular weight is 293 g/mol. The van der Waals surface area contributed by atoms with Crippen LogP contribution in [-0.4, -0.2) is 16.0 Å². The van der Waals surface area contributed by atoms with Crippen LogP contribution in [0.3, 0.4) is 0 Å². The lowest BCUT2D eigenvalue weighted by Gasteiger charge is -2.05. The summed E-state index contributed by atoms with van der Waals surface area (Å²) >= 11 is 3.26. The minimum Gasteiger partial charge on any atom is -0.292 e. The van der Waals surface area contributed by atoms with Crippen molar-refractivity contribution in [2.75, 3.05) is 10.6 Å². The topological polar surface area (TPSA) is 66.9 Å². The minimum absolute atomic E-state index is 0.376. The first kappa shape index (κ1) is 11.5. The molecule has 0 bridgehead atoms. The third-order valence-electron chi connectivity index (χ3n) is 1.88. The van der Waals surface area contributed by atoms with Crippen molar-refractivity contribution >= 4 is 33.6 Å². The van der Waals surface area contributed by atoms with E-state index < -0.39 is 0 Å². The zero-order valence-electron chi connectivity index (χ0n) is 8.72. The van der Waals surface area contributed by atoms with E-state index in [0.29, 0.717) is 11.6 Å². The average Bonchev–Trinajstić information content (AvgIpc) is 2.33. The summed E-state index contributed by atoms with van der Waals surface area (Å²) in [5.74, 6) is 0.962. The molecule has 2 heterocycles. The molecule has 0 aromatic carbocycles. The molecule has 0 saturated carbocycles. The molecule has 0 aliphatic heterocycles. The zero-order valence-corrected chi connectivity index (χ0v) is 10.3. The summed E-state index contributed by atoms with van der Waals surface area (Å²) in [4.78, 5) is 19.5. The number of carbonyl (C=O) groups excluding carboxylic acids is 1. The summed E-state index contributed by atoms with van der Waals surface area (Å²) in [5, 5.41) is 5.19. The SMILES string of the molecule is O=C(Nc1ccccn1)Nc1ccc(Br)cn1. The summed E-state index contributed by atoms with van der Waals surface area (Å²) in [6.07, 6.45) is 3.21. The van der Waals surface area contributed by atoms with Gasteiger partial charge in [0, 0.05) is 16.9 Å². The van der Waals surface area contributed by atoms with Crippen molar-refractivity contribution < 1.29 is 4.79 Å². The van der Waals surface area contributed by atoms with E-state index in [0.717, 1.165) is 4.47 Å². The normalized spacial score (nSPS) is 9.71. The van der Waals surface area contributed by atoms with Gasteiger partial charge in [-0.15, -0.1) is 0 Å². The second kappa shape index (κ2) is 5.40. The lowest BCUT2D eigenvalue weighted by atomic mass is 10.4. The second-order valence-corrected chi connectivity index (χ2v) is 4.07. The summed E-state index contributed by atoms with van der Waals surface area (Å²) in [6, 6.07) is 8.39. The molecule has 0 aliphatic rings. The van der Waals surface area contributed by atoms with Crippen molar-refractivity contribution in [3.8, 4) is 0 Å². The van der Waals surface area contributed by atoms with E-state index >= 15 is 0 Å². The first-order chi connectivity index (χ1) is 8.24. The predicted molar refractivity (Wildman–Crippen MR) is 68.8 cm³/mol. The molecule has 17 heavy (non-hydrogen) atoms. The molecule has 6 heteroatoms. The van der Waals surface area contributed by atoms with Gasteiger partial charge in [0.2, 0.25) is 0 Å². The van der Waals surface area contributed by atoms with E-state index in [2.05, 4.69) is 36.5 Å². The van der Waals surface area contributed by atoms with Crippen molar-refractivity contribution in [3.63, 3.8) is 0 Å². The number of nitrogens with one attached hydrogen (secondary N) is 2. The van der Waals surface area contributed by atoms with Gasteiger partial charge in [0.15, 0.2) is 0 Å². The molecule has 2 amide bonds. The van der Waals surface area contributed by atoms with Gasteiger partial charge in [-0.3, -0.25) is 10.6 Å². The monoisotopic (exact) mass is 292 g/mol. The van der Waals surface area contributed by atoms with Crippen LogP contribution in [0.5, 0.6) is 0 Å². The van der Waals surface area contributed by atoms with Crippen molar-refractivity contribution in [1.82, 2.24) is 9.97 Å².